The Morgan fingerprint density at radius 3 is 2.69 bits per heavy atom. The van der Waals surface area contributed by atoms with Crippen LogP contribution in [0.25, 0.3) is 20.2 Å². The molecule has 1 fully saturated rings. The van der Waals surface area contributed by atoms with E-state index < -0.39 is 0 Å². The number of unbranched alkanes of at least 4 members (excludes halogenated alkanes) is 1. The largest absolute Gasteiger partial charge is 0.368 e. The molecule has 0 unspecified atom stereocenters. The van der Waals surface area contributed by atoms with Gasteiger partial charge in [0.15, 0.2) is 0 Å². The van der Waals surface area contributed by atoms with Gasteiger partial charge in [-0.3, -0.25) is 9.69 Å². The highest BCUT2D eigenvalue weighted by molar-refractivity contribution is 7.20. The summed E-state index contributed by atoms with van der Waals surface area (Å²) in [4.78, 5) is 18.1. The molecule has 0 radical (unpaired) electrons. The van der Waals surface area contributed by atoms with E-state index in [1.54, 1.807) is 34.8 Å². The predicted octanol–water partition coefficient (Wildman–Crippen LogP) is 5.59. The summed E-state index contributed by atoms with van der Waals surface area (Å²) in [6.07, 6.45) is 2.06. The van der Waals surface area contributed by atoms with Gasteiger partial charge in [-0.2, -0.15) is 0 Å². The lowest BCUT2D eigenvalue weighted by Crippen LogP contribution is -2.46. The number of nitrogens with zero attached hydrogens (tertiary/aromatic N) is 2. The number of carbonyl (C=O) groups is 1. The van der Waals surface area contributed by atoms with Crippen LogP contribution >= 0.6 is 22.7 Å². The molecule has 4 nitrogen and oxygen atoms in total. The second kappa shape index (κ2) is 9.57. The summed E-state index contributed by atoms with van der Waals surface area (Å²) < 4.78 is 15.6. The summed E-state index contributed by atoms with van der Waals surface area (Å²) in [5.41, 5.74) is 1.23. The van der Waals surface area contributed by atoms with Gasteiger partial charge >= 0.3 is 0 Å². The molecule has 166 valence electrons. The van der Waals surface area contributed by atoms with E-state index in [1.165, 1.54) is 5.69 Å². The number of anilines is 1. The first-order valence-corrected chi connectivity index (χ1v) is 12.8. The topological polar surface area (TPSA) is 35.6 Å². The lowest BCUT2D eigenvalue weighted by atomic mass is 10.2. The minimum absolute atomic E-state index is 0.0303. The minimum Gasteiger partial charge on any atom is -0.368 e. The third-order valence-corrected chi connectivity index (χ3v) is 8.11. The van der Waals surface area contributed by atoms with Crippen LogP contribution in [0.5, 0.6) is 0 Å². The lowest BCUT2D eigenvalue weighted by molar-refractivity contribution is 0.0956. The van der Waals surface area contributed by atoms with Gasteiger partial charge in [0.05, 0.1) is 10.6 Å². The maximum absolute atomic E-state index is 13.5. The number of hydrogen-bond donors (Lipinski definition) is 1. The number of hydrogen-bond acceptors (Lipinski definition) is 5. The molecule has 0 atom stereocenters. The van der Waals surface area contributed by atoms with Crippen molar-refractivity contribution in [2.45, 2.75) is 12.8 Å². The van der Waals surface area contributed by atoms with Crippen LogP contribution in [-0.2, 0) is 0 Å². The average molecular weight is 468 g/mol. The van der Waals surface area contributed by atoms with Gasteiger partial charge in [0.25, 0.3) is 5.91 Å². The summed E-state index contributed by atoms with van der Waals surface area (Å²) in [5, 5.41) is 7.50. The summed E-state index contributed by atoms with van der Waals surface area (Å²) in [7, 11) is 0. The van der Waals surface area contributed by atoms with Crippen LogP contribution in [0, 0.1) is 5.82 Å². The van der Waals surface area contributed by atoms with E-state index in [2.05, 4.69) is 26.6 Å². The molecule has 0 bridgehead atoms. The molecule has 4 aromatic rings. The maximum Gasteiger partial charge on any atom is 0.261 e. The summed E-state index contributed by atoms with van der Waals surface area (Å²) in [5.74, 6) is -0.140. The van der Waals surface area contributed by atoms with E-state index >= 15 is 0 Å². The lowest BCUT2D eigenvalue weighted by Gasteiger charge is -2.35. The van der Waals surface area contributed by atoms with Gasteiger partial charge in [-0.05, 0) is 55.1 Å². The molecule has 2 aromatic heterocycles. The number of benzene rings is 2. The molecule has 0 aliphatic carbocycles. The van der Waals surface area contributed by atoms with E-state index in [9.17, 15) is 9.18 Å². The van der Waals surface area contributed by atoms with Gasteiger partial charge in [-0.25, -0.2) is 4.39 Å². The molecule has 32 heavy (non-hydrogen) atoms. The number of carbonyl (C=O) groups excluding carboxylic acids is 1. The predicted molar refractivity (Wildman–Crippen MR) is 134 cm³/mol. The Morgan fingerprint density at radius 2 is 1.84 bits per heavy atom. The van der Waals surface area contributed by atoms with Crippen molar-refractivity contribution in [1.29, 1.82) is 0 Å². The molecule has 5 rings (SSSR count). The van der Waals surface area contributed by atoms with Gasteiger partial charge in [0, 0.05) is 52.9 Å². The average Bonchev–Trinajstić information content (AvgIpc) is 3.43. The Morgan fingerprint density at radius 1 is 1.00 bits per heavy atom. The number of thiophene rings is 2. The first-order valence-electron chi connectivity index (χ1n) is 11.1. The van der Waals surface area contributed by atoms with Gasteiger partial charge in [-0.1, -0.05) is 18.2 Å². The highest BCUT2D eigenvalue weighted by Crippen LogP contribution is 2.34. The fourth-order valence-electron chi connectivity index (χ4n) is 4.29. The molecule has 0 spiro atoms. The summed E-state index contributed by atoms with van der Waals surface area (Å²) >= 11 is 3.16. The van der Waals surface area contributed by atoms with E-state index in [0.29, 0.717) is 6.54 Å². The molecular weight excluding hydrogens is 441 g/mol. The molecule has 1 N–H and O–H groups in total. The van der Waals surface area contributed by atoms with Crippen molar-refractivity contribution in [2.75, 3.05) is 44.2 Å². The fourth-order valence-corrected chi connectivity index (χ4v) is 6.26. The Hall–Kier alpha value is -2.48. The van der Waals surface area contributed by atoms with Crippen LogP contribution in [0.2, 0.25) is 0 Å². The van der Waals surface area contributed by atoms with E-state index in [-0.39, 0.29) is 11.7 Å². The van der Waals surface area contributed by atoms with Crippen molar-refractivity contribution in [3.05, 3.63) is 64.6 Å². The standard InChI is InChI=1S/C25H26FN3OS2/c26-19-7-8-20-21(17-31-23(20)16-19)29-13-11-28(12-14-29)10-4-3-9-27-25(30)24-15-18-5-1-2-6-22(18)32-24/h1-2,5-8,15-17H,3-4,9-14H2,(H,27,30). The van der Waals surface area contributed by atoms with Crippen molar-refractivity contribution in [3.63, 3.8) is 0 Å². The van der Waals surface area contributed by atoms with Gasteiger partial charge in [0.2, 0.25) is 0 Å². The number of nitrogens with one attached hydrogen (secondary N) is 1. The zero-order valence-corrected chi connectivity index (χ0v) is 19.5. The molecular formula is C25H26FN3OS2. The van der Waals surface area contributed by atoms with Crippen LogP contribution in [0.4, 0.5) is 10.1 Å². The molecule has 7 heteroatoms. The Kier molecular flexibility index (Phi) is 6.39. The van der Waals surface area contributed by atoms with Crippen LogP contribution in [0.3, 0.4) is 0 Å². The molecule has 1 amide bonds. The molecule has 2 aromatic carbocycles. The van der Waals surface area contributed by atoms with E-state index in [0.717, 1.165) is 70.6 Å². The maximum atomic E-state index is 13.5. The van der Waals surface area contributed by atoms with Crippen LogP contribution in [-0.4, -0.2) is 50.1 Å². The normalized spacial score (nSPS) is 15.0. The number of fused-ring (bicyclic) bond motifs is 2. The second-order valence-electron chi connectivity index (χ2n) is 8.20. The van der Waals surface area contributed by atoms with Crippen LogP contribution in [0.15, 0.2) is 53.9 Å². The SMILES string of the molecule is O=C(NCCCCN1CCN(c2csc3cc(F)ccc23)CC1)c1cc2ccccc2s1. The van der Waals surface area contributed by atoms with Gasteiger partial charge < -0.3 is 10.2 Å². The van der Waals surface area contributed by atoms with Crippen molar-refractivity contribution in [3.8, 4) is 0 Å². The number of halogens is 1. The molecule has 1 aliphatic heterocycles. The molecule has 3 heterocycles. The van der Waals surface area contributed by atoms with Gasteiger partial charge in [0.1, 0.15) is 5.82 Å². The molecule has 1 aliphatic rings. The summed E-state index contributed by atoms with van der Waals surface area (Å²) in [6, 6.07) is 15.1. The fraction of sp³-hybridized carbons (Fsp3) is 0.320. The first-order chi connectivity index (χ1) is 15.7. The molecule has 0 saturated carbocycles. The van der Waals surface area contributed by atoms with Crippen molar-refractivity contribution in [2.24, 2.45) is 0 Å². The third kappa shape index (κ3) is 4.65. The van der Waals surface area contributed by atoms with Crippen LogP contribution in [0.1, 0.15) is 22.5 Å². The highest BCUT2D eigenvalue weighted by atomic mass is 32.1. The second-order valence-corrected chi connectivity index (χ2v) is 10.2. The summed E-state index contributed by atoms with van der Waals surface area (Å²) in [6.45, 7) is 5.82. The van der Waals surface area contributed by atoms with Gasteiger partial charge in [-0.15, -0.1) is 22.7 Å². The Bertz CT molecular complexity index is 1190. The van der Waals surface area contributed by atoms with Crippen molar-refractivity contribution >= 4 is 54.4 Å². The smallest absolute Gasteiger partial charge is 0.261 e. The zero-order valence-electron chi connectivity index (χ0n) is 17.9. The molecule has 1 saturated heterocycles. The monoisotopic (exact) mass is 467 g/mol. The minimum atomic E-state index is -0.171. The zero-order chi connectivity index (χ0) is 21.9. The van der Waals surface area contributed by atoms with Crippen molar-refractivity contribution in [1.82, 2.24) is 10.2 Å². The Balaban J connectivity index is 1.03. The quantitative estimate of drug-likeness (QED) is 0.360. The van der Waals surface area contributed by atoms with Crippen molar-refractivity contribution < 1.29 is 9.18 Å². The van der Waals surface area contributed by atoms with E-state index in [4.69, 9.17) is 0 Å². The number of amides is 1. The van der Waals surface area contributed by atoms with E-state index in [1.807, 2.05) is 30.3 Å². The third-order valence-electron chi connectivity index (χ3n) is 6.07. The highest BCUT2D eigenvalue weighted by Gasteiger charge is 2.19. The number of piperazine rings is 1. The Labute approximate surface area is 195 Å². The number of rotatable bonds is 7. The van der Waals surface area contributed by atoms with Crippen LogP contribution < -0.4 is 10.2 Å². The first kappa shape index (κ1) is 21.4.